The second-order valence-corrected chi connectivity index (χ2v) is 7.65. The number of anilines is 1. The van der Waals surface area contributed by atoms with Crippen LogP contribution in [0.4, 0.5) is 11.4 Å². The summed E-state index contributed by atoms with van der Waals surface area (Å²) in [5, 5.41) is 13.3. The molecule has 0 heterocycles. The first-order valence-electron chi connectivity index (χ1n) is 7.58. The quantitative estimate of drug-likeness (QED) is 0.529. The smallest absolute Gasteiger partial charge is 0.271 e. The minimum absolute atomic E-state index is 0.0407. The van der Waals surface area contributed by atoms with E-state index in [2.05, 4.69) is 5.32 Å². The van der Waals surface area contributed by atoms with Crippen molar-refractivity contribution in [1.82, 2.24) is 4.47 Å². The Balaban J connectivity index is 2.43. The maximum atomic E-state index is 12.6. The van der Waals surface area contributed by atoms with Crippen LogP contribution in [0.5, 0.6) is 5.75 Å². The highest BCUT2D eigenvalue weighted by Gasteiger charge is 2.25. The summed E-state index contributed by atoms with van der Waals surface area (Å²) in [6, 6.07) is 7.32. The Kier molecular flexibility index (Phi) is 6.56. The molecular weight excluding hydrogens is 414 g/mol. The summed E-state index contributed by atoms with van der Waals surface area (Å²) in [6.07, 6.45) is 0. The lowest BCUT2D eigenvalue weighted by Crippen LogP contribution is -2.26. The normalized spacial score (nSPS) is 11.3. The van der Waals surface area contributed by atoms with Crippen LogP contribution in [0.25, 0.3) is 0 Å². The Labute approximate surface area is 165 Å². The highest BCUT2D eigenvalue weighted by atomic mass is 35.5. The number of benzene rings is 2. The SMILES string of the molecule is COc1ccc([N+](=O)[O-])cc1NC(=O)c1ccc(Cl)c(S(=O)(=O)N(C)OC)c1. The number of hydrogen-bond donors (Lipinski definition) is 1. The second-order valence-electron chi connectivity index (χ2n) is 5.34. The van der Waals surface area contributed by atoms with Gasteiger partial charge in [0.15, 0.2) is 0 Å². The van der Waals surface area contributed by atoms with Crippen molar-refractivity contribution in [2.24, 2.45) is 0 Å². The zero-order chi connectivity index (χ0) is 21.1. The van der Waals surface area contributed by atoms with E-state index in [1.807, 2.05) is 0 Å². The molecule has 12 heteroatoms. The average molecular weight is 430 g/mol. The largest absolute Gasteiger partial charge is 0.495 e. The lowest BCUT2D eigenvalue weighted by atomic mass is 10.2. The van der Waals surface area contributed by atoms with E-state index in [-0.39, 0.29) is 32.6 Å². The highest BCUT2D eigenvalue weighted by Crippen LogP contribution is 2.30. The van der Waals surface area contributed by atoms with Crippen LogP contribution < -0.4 is 10.1 Å². The van der Waals surface area contributed by atoms with Gasteiger partial charge in [0.05, 0.1) is 29.9 Å². The Morgan fingerprint density at radius 3 is 2.46 bits per heavy atom. The van der Waals surface area contributed by atoms with Crippen LogP contribution in [-0.4, -0.2) is 45.0 Å². The maximum Gasteiger partial charge on any atom is 0.271 e. The molecule has 0 aliphatic heterocycles. The molecule has 2 rings (SSSR count). The molecule has 2 aromatic rings. The fourth-order valence-electron chi connectivity index (χ4n) is 2.18. The molecule has 0 saturated carbocycles. The van der Waals surface area contributed by atoms with Gasteiger partial charge in [0.1, 0.15) is 10.6 Å². The van der Waals surface area contributed by atoms with Crippen LogP contribution >= 0.6 is 11.6 Å². The van der Waals surface area contributed by atoms with E-state index in [1.54, 1.807) is 0 Å². The van der Waals surface area contributed by atoms with Crippen molar-refractivity contribution in [1.29, 1.82) is 0 Å². The van der Waals surface area contributed by atoms with Crippen molar-refractivity contribution >= 4 is 38.9 Å². The van der Waals surface area contributed by atoms with Crippen molar-refractivity contribution in [3.05, 3.63) is 57.1 Å². The number of nitrogens with one attached hydrogen (secondary N) is 1. The molecule has 0 spiro atoms. The van der Waals surface area contributed by atoms with Gasteiger partial charge in [-0.3, -0.25) is 19.7 Å². The van der Waals surface area contributed by atoms with Crippen molar-refractivity contribution in [2.45, 2.75) is 4.90 Å². The van der Waals surface area contributed by atoms with E-state index < -0.39 is 20.9 Å². The van der Waals surface area contributed by atoms with Gasteiger partial charge in [0.2, 0.25) is 0 Å². The number of amides is 1. The number of carbonyl (C=O) groups is 1. The molecule has 0 saturated heterocycles. The van der Waals surface area contributed by atoms with E-state index in [0.29, 0.717) is 4.47 Å². The molecule has 0 unspecified atom stereocenters. The van der Waals surface area contributed by atoms with Crippen LogP contribution in [-0.2, 0) is 14.9 Å². The van der Waals surface area contributed by atoms with E-state index in [9.17, 15) is 23.3 Å². The fourth-order valence-corrected chi connectivity index (χ4v) is 3.65. The molecule has 0 fully saturated rings. The number of hydroxylamine groups is 1. The standard InChI is InChI=1S/C16H16ClN3O7S/c1-19(27-3)28(24,25)15-8-10(4-6-12(15)17)16(21)18-13-9-11(20(22)23)5-7-14(13)26-2/h4-9H,1-3H3,(H,18,21). The zero-order valence-electron chi connectivity index (χ0n) is 15.0. The third-order valence-corrected chi connectivity index (χ3v) is 5.87. The number of rotatable bonds is 7. The molecule has 0 aromatic heterocycles. The minimum atomic E-state index is -4.09. The molecule has 2 aromatic carbocycles. The monoisotopic (exact) mass is 429 g/mol. The first-order valence-corrected chi connectivity index (χ1v) is 9.40. The Morgan fingerprint density at radius 2 is 1.89 bits per heavy atom. The van der Waals surface area contributed by atoms with Gasteiger partial charge in [-0.15, -0.1) is 0 Å². The number of nitro groups is 1. The number of nitrogens with zero attached hydrogens (tertiary/aromatic N) is 2. The van der Waals surface area contributed by atoms with E-state index >= 15 is 0 Å². The lowest BCUT2D eigenvalue weighted by Gasteiger charge is -2.16. The number of methoxy groups -OCH3 is 1. The summed E-state index contributed by atoms with van der Waals surface area (Å²) in [5.74, 6) is -0.521. The lowest BCUT2D eigenvalue weighted by molar-refractivity contribution is -0.384. The number of ether oxygens (including phenoxy) is 1. The summed E-state index contributed by atoms with van der Waals surface area (Å²) in [4.78, 5) is 27.3. The van der Waals surface area contributed by atoms with Gasteiger partial charge in [0, 0.05) is 24.7 Å². The van der Waals surface area contributed by atoms with Crippen LogP contribution in [0.2, 0.25) is 5.02 Å². The molecule has 0 aliphatic rings. The third-order valence-electron chi connectivity index (χ3n) is 3.71. The predicted octanol–water partition coefficient (Wildman–Crippen LogP) is 2.69. The van der Waals surface area contributed by atoms with Gasteiger partial charge >= 0.3 is 0 Å². The summed E-state index contributed by atoms with van der Waals surface area (Å²) < 4.78 is 30.5. The Morgan fingerprint density at radius 1 is 1.21 bits per heavy atom. The van der Waals surface area contributed by atoms with Crippen LogP contribution in [0.1, 0.15) is 10.4 Å². The first-order chi connectivity index (χ1) is 13.1. The third kappa shape index (κ3) is 4.39. The number of sulfonamides is 1. The van der Waals surface area contributed by atoms with E-state index in [0.717, 1.165) is 19.2 Å². The molecule has 0 bridgehead atoms. The molecule has 1 amide bonds. The molecule has 0 atom stereocenters. The topological polar surface area (TPSA) is 128 Å². The van der Waals surface area contributed by atoms with Gasteiger partial charge in [0.25, 0.3) is 21.6 Å². The molecule has 150 valence electrons. The van der Waals surface area contributed by atoms with Crippen molar-refractivity contribution in [2.75, 3.05) is 26.6 Å². The number of carbonyl (C=O) groups excluding carboxylic acids is 1. The fraction of sp³-hybridized carbons (Fsp3) is 0.188. The number of halogens is 1. The van der Waals surface area contributed by atoms with Crippen LogP contribution in [0.3, 0.4) is 0 Å². The number of hydrogen-bond acceptors (Lipinski definition) is 7. The summed E-state index contributed by atoms with van der Waals surface area (Å²) in [7, 11) is -0.420. The molecule has 1 N–H and O–H groups in total. The van der Waals surface area contributed by atoms with E-state index in [1.165, 1.54) is 38.4 Å². The highest BCUT2D eigenvalue weighted by molar-refractivity contribution is 7.89. The first kappa shape index (κ1) is 21.6. The average Bonchev–Trinajstić information content (AvgIpc) is 2.67. The number of non-ortho nitro benzene ring substituents is 1. The molecular formula is C16H16ClN3O7S. The molecule has 10 nitrogen and oxygen atoms in total. The van der Waals surface area contributed by atoms with Gasteiger partial charge in [-0.1, -0.05) is 16.1 Å². The van der Waals surface area contributed by atoms with Gasteiger partial charge in [-0.05, 0) is 24.3 Å². The predicted molar refractivity (Wildman–Crippen MR) is 101 cm³/mol. The Bertz CT molecular complexity index is 1030. The van der Waals surface area contributed by atoms with Crippen molar-refractivity contribution < 1.29 is 27.7 Å². The van der Waals surface area contributed by atoms with Gasteiger partial charge in [-0.2, -0.15) is 0 Å². The van der Waals surface area contributed by atoms with Crippen molar-refractivity contribution in [3.8, 4) is 5.75 Å². The van der Waals surface area contributed by atoms with Crippen LogP contribution in [0, 0.1) is 10.1 Å². The molecule has 0 radical (unpaired) electrons. The zero-order valence-corrected chi connectivity index (χ0v) is 16.6. The van der Waals surface area contributed by atoms with Gasteiger partial charge < -0.3 is 10.1 Å². The van der Waals surface area contributed by atoms with Crippen molar-refractivity contribution in [3.63, 3.8) is 0 Å². The molecule has 28 heavy (non-hydrogen) atoms. The van der Waals surface area contributed by atoms with Gasteiger partial charge in [-0.25, -0.2) is 8.42 Å². The molecule has 0 aliphatic carbocycles. The second kappa shape index (κ2) is 8.52. The minimum Gasteiger partial charge on any atom is -0.495 e. The van der Waals surface area contributed by atoms with E-state index in [4.69, 9.17) is 21.2 Å². The summed E-state index contributed by atoms with van der Waals surface area (Å²) >= 11 is 5.96. The maximum absolute atomic E-state index is 12.6. The number of nitro benzene ring substituents is 1. The Hall–Kier alpha value is -2.73. The summed E-state index contributed by atoms with van der Waals surface area (Å²) in [5.41, 5.74) is -0.242. The summed E-state index contributed by atoms with van der Waals surface area (Å²) in [6.45, 7) is 0. The van der Waals surface area contributed by atoms with Crippen LogP contribution in [0.15, 0.2) is 41.3 Å².